The summed E-state index contributed by atoms with van der Waals surface area (Å²) in [4.78, 5) is 11.4. The maximum atomic E-state index is 11.4. The van der Waals surface area contributed by atoms with Crippen LogP contribution in [-0.2, 0) is 11.2 Å². The molecule has 3 nitrogen and oxygen atoms in total. The summed E-state index contributed by atoms with van der Waals surface area (Å²) in [6.45, 7) is 2.22. The third-order valence-corrected chi connectivity index (χ3v) is 2.40. The SMILES string of the molecule is CCCCC(=O)Nc1ccc(CCO)cc1. The number of hydrogen-bond donors (Lipinski definition) is 2. The van der Waals surface area contributed by atoms with Crippen molar-refractivity contribution in [1.29, 1.82) is 0 Å². The fourth-order valence-corrected chi connectivity index (χ4v) is 1.44. The lowest BCUT2D eigenvalue weighted by molar-refractivity contribution is -0.116. The number of nitrogens with one attached hydrogen (secondary N) is 1. The van der Waals surface area contributed by atoms with Gasteiger partial charge in [-0.2, -0.15) is 0 Å². The third-order valence-electron chi connectivity index (χ3n) is 2.40. The molecule has 1 aromatic rings. The summed E-state index contributed by atoms with van der Waals surface area (Å²) in [5.41, 5.74) is 1.90. The maximum absolute atomic E-state index is 11.4. The molecule has 0 aromatic heterocycles. The van der Waals surface area contributed by atoms with E-state index in [1.54, 1.807) is 0 Å². The van der Waals surface area contributed by atoms with E-state index in [1.807, 2.05) is 24.3 Å². The van der Waals surface area contributed by atoms with Gasteiger partial charge in [0.25, 0.3) is 0 Å². The Labute approximate surface area is 96.5 Å². The molecule has 0 aliphatic rings. The highest BCUT2D eigenvalue weighted by molar-refractivity contribution is 5.90. The van der Waals surface area contributed by atoms with E-state index < -0.39 is 0 Å². The average Bonchev–Trinajstić information content (AvgIpc) is 2.29. The molecule has 0 atom stereocenters. The number of amides is 1. The first-order chi connectivity index (χ1) is 7.76. The predicted octanol–water partition coefficient (Wildman–Crippen LogP) is 2.35. The van der Waals surface area contributed by atoms with Crippen LogP contribution in [0.2, 0.25) is 0 Å². The highest BCUT2D eigenvalue weighted by atomic mass is 16.2. The summed E-state index contributed by atoms with van der Waals surface area (Å²) < 4.78 is 0. The Bertz CT molecular complexity index is 319. The molecule has 1 rings (SSSR count). The molecule has 0 radical (unpaired) electrons. The molecule has 0 spiro atoms. The summed E-state index contributed by atoms with van der Waals surface area (Å²) in [5.74, 6) is 0.0664. The Hall–Kier alpha value is -1.35. The fourth-order valence-electron chi connectivity index (χ4n) is 1.44. The largest absolute Gasteiger partial charge is 0.396 e. The van der Waals surface area contributed by atoms with Gasteiger partial charge in [0.1, 0.15) is 0 Å². The highest BCUT2D eigenvalue weighted by Gasteiger charge is 2.01. The van der Waals surface area contributed by atoms with Crippen molar-refractivity contribution >= 4 is 11.6 Å². The molecule has 3 heteroatoms. The van der Waals surface area contributed by atoms with Crippen LogP contribution in [0.3, 0.4) is 0 Å². The lowest BCUT2D eigenvalue weighted by atomic mass is 10.1. The minimum Gasteiger partial charge on any atom is -0.396 e. The molecule has 0 saturated heterocycles. The molecule has 2 N–H and O–H groups in total. The first-order valence-corrected chi connectivity index (χ1v) is 5.76. The van der Waals surface area contributed by atoms with Gasteiger partial charge in [-0.3, -0.25) is 4.79 Å². The topological polar surface area (TPSA) is 49.3 Å². The first kappa shape index (κ1) is 12.7. The molecular formula is C13H19NO2. The Balaban J connectivity index is 2.45. The quantitative estimate of drug-likeness (QED) is 0.774. The van der Waals surface area contributed by atoms with Gasteiger partial charge in [0.05, 0.1) is 0 Å². The van der Waals surface area contributed by atoms with Gasteiger partial charge in [0.15, 0.2) is 0 Å². The van der Waals surface area contributed by atoms with Gasteiger partial charge in [-0.15, -0.1) is 0 Å². The van der Waals surface area contributed by atoms with E-state index in [-0.39, 0.29) is 12.5 Å². The monoisotopic (exact) mass is 221 g/mol. The van der Waals surface area contributed by atoms with Crippen LogP contribution in [0.25, 0.3) is 0 Å². The molecule has 1 amide bonds. The molecule has 0 saturated carbocycles. The van der Waals surface area contributed by atoms with E-state index in [0.29, 0.717) is 12.8 Å². The summed E-state index contributed by atoms with van der Waals surface area (Å²) in [6, 6.07) is 7.58. The van der Waals surface area contributed by atoms with Crippen molar-refractivity contribution in [2.75, 3.05) is 11.9 Å². The van der Waals surface area contributed by atoms with Crippen molar-refractivity contribution in [3.05, 3.63) is 29.8 Å². The van der Waals surface area contributed by atoms with Crippen molar-refractivity contribution in [2.24, 2.45) is 0 Å². The van der Waals surface area contributed by atoms with E-state index in [1.165, 1.54) is 0 Å². The number of aliphatic hydroxyl groups is 1. The number of carbonyl (C=O) groups is 1. The minimum absolute atomic E-state index is 0.0664. The number of carbonyl (C=O) groups excluding carboxylic acids is 1. The van der Waals surface area contributed by atoms with Gasteiger partial charge in [0, 0.05) is 18.7 Å². The van der Waals surface area contributed by atoms with Crippen LogP contribution in [0.5, 0.6) is 0 Å². The molecule has 0 unspecified atom stereocenters. The van der Waals surface area contributed by atoms with Crippen molar-refractivity contribution in [1.82, 2.24) is 0 Å². The van der Waals surface area contributed by atoms with E-state index in [4.69, 9.17) is 5.11 Å². The van der Waals surface area contributed by atoms with Crippen LogP contribution in [-0.4, -0.2) is 17.6 Å². The number of hydrogen-bond acceptors (Lipinski definition) is 2. The van der Waals surface area contributed by atoms with Crippen LogP contribution < -0.4 is 5.32 Å². The molecule has 1 aromatic carbocycles. The van der Waals surface area contributed by atoms with Crippen molar-refractivity contribution in [2.45, 2.75) is 32.6 Å². The predicted molar refractivity (Wildman–Crippen MR) is 65.4 cm³/mol. The molecular weight excluding hydrogens is 202 g/mol. The Morgan fingerprint density at radius 1 is 1.31 bits per heavy atom. The van der Waals surface area contributed by atoms with Crippen LogP contribution in [0.15, 0.2) is 24.3 Å². The zero-order chi connectivity index (χ0) is 11.8. The average molecular weight is 221 g/mol. The molecule has 88 valence electrons. The summed E-state index contributed by atoms with van der Waals surface area (Å²) >= 11 is 0. The van der Waals surface area contributed by atoms with E-state index in [9.17, 15) is 4.79 Å². The van der Waals surface area contributed by atoms with Crippen LogP contribution in [0, 0.1) is 0 Å². The van der Waals surface area contributed by atoms with Gasteiger partial charge >= 0.3 is 0 Å². The Morgan fingerprint density at radius 2 is 2.00 bits per heavy atom. The van der Waals surface area contributed by atoms with Crippen molar-refractivity contribution in [3.8, 4) is 0 Å². The van der Waals surface area contributed by atoms with E-state index >= 15 is 0 Å². The van der Waals surface area contributed by atoms with Gasteiger partial charge in [-0.25, -0.2) is 0 Å². The molecule has 0 aliphatic carbocycles. The Morgan fingerprint density at radius 3 is 2.56 bits per heavy atom. The number of rotatable bonds is 6. The first-order valence-electron chi connectivity index (χ1n) is 5.76. The molecule has 0 aliphatic heterocycles. The maximum Gasteiger partial charge on any atom is 0.224 e. The van der Waals surface area contributed by atoms with Gasteiger partial charge in [0.2, 0.25) is 5.91 Å². The second-order valence-corrected chi connectivity index (χ2v) is 3.82. The van der Waals surface area contributed by atoms with E-state index in [2.05, 4.69) is 12.2 Å². The number of anilines is 1. The minimum atomic E-state index is 0.0664. The third kappa shape index (κ3) is 4.45. The second-order valence-electron chi connectivity index (χ2n) is 3.82. The lowest BCUT2D eigenvalue weighted by Crippen LogP contribution is -2.10. The second kappa shape index (κ2) is 7.01. The van der Waals surface area contributed by atoms with Crippen LogP contribution in [0.4, 0.5) is 5.69 Å². The smallest absolute Gasteiger partial charge is 0.224 e. The summed E-state index contributed by atoms with van der Waals surface area (Å²) in [7, 11) is 0. The fraction of sp³-hybridized carbons (Fsp3) is 0.462. The van der Waals surface area contributed by atoms with Crippen molar-refractivity contribution in [3.63, 3.8) is 0 Å². The Kier molecular flexibility index (Phi) is 5.57. The number of unbranched alkanes of at least 4 members (excludes halogenated alkanes) is 1. The zero-order valence-corrected chi connectivity index (χ0v) is 9.70. The van der Waals surface area contributed by atoms with Crippen LogP contribution >= 0.6 is 0 Å². The summed E-state index contributed by atoms with van der Waals surface area (Å²) in [6.07, 6.45) is 3.19. The zero-order valence-electron chi connectivity index (χ0n) is 9.70. The molecule has 0 bridgehead atoms. The lowest BCUT2D eigenvalue weighted by Gasteiger charge is -2.05. The number of benzene rings is 1. The highest BCUT2D eigenvalue weighted by Crippen LogP contribution is 2.10. The van der Waals surface area contributed by atoms with Gasteiger partial charge in [-0.05, 0) is 30.5 Å². The molecule has 16 heavy (non-hydrogen) atoms. The van der Waals surface area contributed by atoms with Crippen LogP contribution in [0.1, 0.15) is 31.7 Å². The van der Waals surface area contributed by atoms with Crippen molar-refractivity contribution < 1.29 is 9.90 Å². The van der Waals surface area contributed by atoms with Gasteiger partial charge in [-0.1, -0.05) is 25.5 Å². The summed E-state index contributed by atoms with van der Waals surface area (Å²) in [5, 5.41) is 11.6. The standard InChI is InChI=1S/C13H19NO2/c1-2-3-4-13(16)14-12-7-5-11(6-8-12)9-10-15/h5-8,15H,2-4,9-10H2,1H3,(H,14,16). The van der Waals surface area contributed by atoms with E-state index in [0.717, 1.165) is 24.1 Å². The molecule has 0 heterocycles. The number of aliphatic hydroxyl groups excluding tert-OH is 1. The molecule has 0 fully saturated rings. The van der Waals surface area contributed by atoms with Gasteiger partial charge < -0.3 is 10.4 Å². The normalized spacial score (nSPS) is 10.1.